The Labute approximate surface area is 169 Å². The van der Waals surface area contributed by atoms with Crippen LogP contribution in [0.15, 0.2) is 54.7 Å². The van der Waals surface area contributed by atoms with E-state index in [1.165, 1.54) is 0 Å². The Morgan fingerprint density at radius 1 is 1.14 bits per heavy atom. The Kier molecular flexibility index (Phi) is 6.06. The summed E-state index contributed by atoms with van der Waals surface area (Å²) in [6.07, 6.45) is 1.68. The molecule has 146 valence electrons. The highest BCUT2D eigenvalue weighted by Gasteiger charge is 2.13. The molecule has 0 spiro atoms. The number of anilines is 4. The van der Waals surface area contributed by atoms with E-state index in [2.05, 4.69) is 15.7 Å². The van der Waals surface area contributed by atoms with Crippen LogP contribution in [0.5, 0.6) is 0 Å². The third-order valence-electron chi connectivity index (χ3n) is 4.23. The molecule has 0 fully saturated rings. The molecule has 0 bridgehead atoms. The van der Waals surface area contributed by atoms with Crippen molar-refractivity contribution in [2.45, 2.75) is 6.54 Å². The zero-order valence-corrected chi connectivity index (χ0v) is 16.6. The molecule has 0 atom stereocenters. The smallest absolute Gasteiger partial charge is 0.257 e. The first kappa shape index (κ1) is 19.6. The van der Waals surface area contributed by atoms with Crippen LogP contribution in [0, 0.1) is 0 Å². The van der Waals surface area contributed by atoms with E-state index in [1.54, 1.807) is 35.1 Å². The van der Waals surface area contributed by atoms with Crippen molar-refractivity contribution in [2.24, 2.45) is 0 Å². The molecule has 0 aliphatic carbocycles. The minimum Gasteiger partial charge on any atom is -0.384 e. The van der Waals surface area contributed by atoms with Gasteiger partial charge in [0.2, 0.25) is 0 Å². The number of nitrogens with zero attached hydrogens (tertiary/aromatic N) is 3. The molecule has 2 aromatic carbocycles. The van der Waals surface area contributed by atoms with Gasteiger partial charge in [0.1, 0.15) is 5.82 Å². The van der Waals surface area contributed by atoms with E-state index in [9.17, 15) is 4.79 Å². The minimum atomic E-state index is -0.185. The number of benzene rings is 2. The van der Waals surface area contributed by atoms with E-state index in [-0.39, 0.29) is 5.91 Å². The molecule has 1 aromatic heterocycles. The molecular weight excluding hydrogens is 376 g/mol. The van der Waals surface area contributed by atoms with Crippen LogP contribution in [0.25, 0.3) is 0 Å². The monoisotopic (exact) mass is 398 g/mol. The van der Waals surface area contributed by atoms with Crippen LogP contribution >= 0.6 is 11.6 Å². The fourth-order valence-electron chi connectivity index (χ4n) is 2.77. The SMILES string of the molecule is CN(C)c1cc(Cl)ccc1C(=O)Nc1ccc(NCCn2nccc2N)cc1. The number of carbonyl (C=O) groups is 1. The van der Waals surface area contributed by atoms with Crippen molar-refractivity contribution in [3.63, 3.8) is 0 Å². The van der Waals surface area contributed by atoms with Crippen molar-refractivity contribution in [1.82, 2.24) is 9.78 Å². The number of aromatic nitrogens is 2. The highest BCUT2D eigenvalue weighted by molar-refractivity contribution is 6.31. The van der Waals surface area contributed by atoms with Crippen LogP contribution in [-0.4, -0.2) is 36.3 Å². The number of rotatable bonds is 7. The zero-order chi connectivity index (χ0) is 20.1. The van der Waals surface area contributed by atoms with E-state index >= 15 is 0 Å². The number of carbonyl (C=O) groups excluding carboxylic acids is 1. The molecule has 0 saturated carbocycles. The summed E-state index contributed by atoms with van der Waals surface area (Å²) < 4.78 is 1.73. The lowest BCUT2D eigenvalue weighted by Gasteiger charge is -2.17. The topological polar surface area (TPSA) is 88.2 Å². The largest absolute Gasteiger partial charge is 0.384 e. The van der Waals surface area contributed by atoms with Gasteiger partial charge in [-0.15, -0.1) is 0 Å². The van der Waals surface area contributed by atoms with E-state index in [0.29, 0.717) is 35.2 Å². The summed E-state index contributed by atoms with van der Waals surface area (Å²) in [6, 6.07) is 14.5. The molecule has 8 heteroatoms. The highest BCUT2D eigenvalue weighted by Crippen LogP contribution is 2.24. The standard InChI is InChI=1S/C20H23ClN6O/c1-26(2)18-13-14(21)3-8-17(18)20(28)25-16-6-4-15(5-7-16)23-11-12-27-19(22)9-10-24-27/h3-10,13,23H,11-12,22H2,1-2H3,(H,25,28). The van der Waals surface area contributed by atoms with Crippen LogP contribution in [-0.2, 0) is 6.54 Å². The lowest BCUT2D eigenvalue weighted by Crippen LogP contribution is -2.18. The molecule has 0 saturated heterocycles. The summed E-state index contributed by atoms with van der Waals surface area (Å²) in [7, 11) is 3.75. The quantitative estimate of drug-likeness (QED) is 0.566. The van der Waals surface area contributed by atoms with E-state index in [4.69, 9.17) is 17.3 Å². The Bertz CT molecular complexity index is 952. The summed E-state index contributed by atoms with van der Waals surface area (Å²) in [5.74, 6) is 0.453. The molecule has 1 heterocycles. The first-order valence-corrected chi connectivity index (χ1v) is 9.21. The van der Waals surface area contributed by atoms with Gasteiger partial charge in [0.05, 0.1) is 24.0 Å². The number of halogens is 1. The number of hydrogen-bond donors (Lipinski definition) is 3. The van der Waals surface area contributed by atoms with Gasteiger partial charge in [0, 0.05) is 37.0 Å². The van der Waals surface area contributed by atoms with Crippen LogP contribution in [0.1, 0.15) is 10.4 Å². The molecule has 0 aliphatic rings. The van der Waals surface area contributed by atoms with Crippen LogP contribution < -0.4 is 21.3 Å². The van der Waals surface area contributed by atoms with Crippen molar-refractivity contribution in [3.8, 4) is 0 Å². The molecule has 0 unspecified atom stereocenters. The Morgan fingerprint density at radius 3 is 2.50 bits per heavy atom. The molecule has 1 amide bonds. The van der Waals surface area contributed by atoms with Crippen molar-refractivity contribution >= 4 is 40.4 Å². The lowest BCUT2D eigenvalue weighted by atomic mass is 10.1. The van der Waals surface area contributed by atoms with Gasteiger partial charge in [-0.25, -0.2) is 4.68 Å². The third-order valence-corrected chi connectivity index (χ3v) is 4.47. The maximum absolute atomic E-state index is 12.7. The van der Waals surface area contributed by atoms with Crippen LogP contribution in [0.3, 0.4) is 0 Å². The number of amides is 1. The molecular formula is C20H23ClN6O. The van der Waals surface area contributed by atoms with Crippen LogP contribution in [0.2, 0.25) is 5.02 Å². The Balaban J connectivity index is 1.60. The number of nitrogens with one attached hydrogen (secondary N) is 2. The highest BCUT2D eigenvalue weighted by atomic mass is 35.5. The molecule has 3 aromatic rings. The van der Waals surface area contributed by atoms with Crippen molar-refractivity contribution in [2.75, 3.05) is 41.9 Å². The van der Waals surface area contributed by atoms with Gasteiger partial charge in [0.15, 0.2) is 0 Å². The second kappa shape index (κ2) is 8.67. The Morgan fingerprint density at radius 2 is 1.86 bits per heavy atom. The maximum Gasteiger partial charge on any atom is 0.257 e. The minimum absolute atomic E-state index is 0.185. The van der Waals surface area contributed by atoms with E-state index < -0.39 is 0 Å². The zero-order valence-electron chi connectivity index (χ0n) is 15.8. The van der Waals surface area contributed by atoms with Gasteiger partial charge in [-0.3, -0.25) is 4.79 Å². The van der Waals surface area contributed by atoms with Gasteiger partial charge >= 0.3 is 0 Å². The molecule has 0 aliphatic heterocycles. The summed E-state index contributed by atoms with van der Waals surface area (Å²) in [5, 5.41) is 11.0. The predicted octanol–water partition coefficient (Wildman–Crippen LogP) is 3.55. The fraction of sp³-hybridized carbons (Fsp3) is 0.200. The van der Waals surface area contributed by atoms with Crippen molar-refractivity contribution in [1.29, 1.82) is 0 Å². The molecule has 3 rings (SSSR count). The normalized spacial score (nSPS) is 10.5. The number of nitrogens with two attached hydrogens (primary N) is 1. The van der Waals surface area contributed by atoms with Gasteiger partial charge < -0.3 is 21.3 Å². The predicted molar refractivity (Wildman–Crippen MR) is 115 cm³/mol. The summed E-state index contributed by atoms with van der Waals surface area (Å²) >= 11 is 6.05. The molecule has 7 nitrogen and oxygen atoms in total. The second-order valence-electron chi connectivity index (χ2n) is 6.49. The summed E-state index contributed by atoms with van der Waals surface area (Å²) in [4.78, 5) is 14.5. The van der Waals surface area contributed by atoms with Crippen molar-refractivity contribution < 1.29 is 4.79 Å². The fourth-order valence-corrected chi connectivity index (χ4v) is 2.94. The van der Waals surface area contributed by atoms with Gasteiger partial charge in [-0.2, -0.15) is 5.10 Å². The van der Waals surface area contributed by atoms with E-state index in [1.807, 2.05) is 43.3 Å². The molecule has 28 heavy (non-hydrogen) atoms. The first-order valence-electron chi connectivity index (χ1n) is 8.83. The van der Waals surface area contributed by atoms with Gasteiger partial charge in [0.25, 0.3) is 5.91 Å². The lowest BCUT2D eigenvalue weighted by molar-refractivity contribution is 0.102. The first-order chi connectivity index (χ1) is 13.4. The average Bonchev–Trinajstić information content (AvgIpc) is 3.08. The van der Waals surface area contributed by atoms with E-state index in [0.717, 1.165) is 11.4 Å². The second-order valence-corrected chi connectivity index (χ2v) is 6.93. The Hall–Kier alpha value is -3.19. The number of nitrogen functional groups attached to an aromatic ring is 1. The maximum atomic E-state index is 12.7. The van der Waals surface area contributed by atoms with Crippen LogP contribution in [0.4, 0.5) is 22.9 Å². The van der Waals surface area contributed by atoms with Crippen molar-refractivity contribution in [3.05, 3.63) is 65.3 Å². The number of hydrogen-bond acceptors (Lipinski definition) is 5. The molecule has 4 N–H and O–H groups in total. The van der Waals surface area contributed by atoms with Gasteiger partial charge in [-0.05, 0) is 48.5 Å². The summed E-state index contributed by atoms with van der Waals surface area (Å²) in [6.45, 7) is 1.36. The summed E-state index contributed by atoms with van der Waals surface area (Å²) in [5.41, 5.74) is 8.78. The third kappa shape index (κ3) is 4.75. The van der Waals surface area contributed by atoms with Gasteiger partial charge in [-0.1, -0.05) is 11.6 Å². The average molecular weight is 399 g/mol. The molecule has 0 radical (unpaired) electrons.